The number of allylic oxidation sites excluding steroid dienone is 1. The van der Waals surface area contributed by atoms with E-state index in [0.29, 0.717) is 23.1 Å². The van der Waals surface area contributed by atoms with Gasteiger partial charge in [0.25, 0.3) is 0 Å². The highest BCUT2D eigenvalue weighted by molar-refractivity contribution is 5.88. The summed E-state index contributed by atoms with van der Waals surface area (Å²) in [7, 11) is 4.20. The minimum absolute atomic E-state index is 0. The van der Waals surface area contributed by atoms with Crippen LogP contribution in [0.4, 0.5) is 0 Å². The highest BCUT2D eigenvalue weighted by atomic mass is 35.5. The van der Waals surface area contributed by atoms with Crippen LogP contribution < -0.4 is 0 Å². The number of aromatic hydroxyl groups is 1. The highest BCUT2D eigenvalue weighted by Crippen LogP contribution is 2.42. The summed E-state index contributed by atoms with van der Waals surface area (Å²) in [5.41, 5.74) is 3.76. The third-order valence-corrected chi connectivity index (χ3v) is 5.29. The first-order valence-electron chi connectivity index (χ1n) is 9.39. The SMILES string of the molecule is CN(C)CC1CC/C(=C/c2cccc(C(=O)O)c2)CC1c1cccc(O)c1.Cl. The summed E-state index contributed by atoms with van der Waals surface area (Å²) >= 11 is 0. The summed E-state index contributed by atoms with van der Waals surface area (Å²) in [5, 5.41) is 19.1. The van der Waals surface area contributed by atoms with E-state index in [9.17, 15) is 15.0 Å². The summed E-state index contributed by atoms with van der Waals surface area (Å²) in [6.07, 6.45) is 5.17. The number of rotatable bonds is 5. The van der Waals surface area contributed by atoms with Crippen molar-refractivity contribution in [2.75, 3.05) is 20.6 Å². The molecule has 1 aliphatic rings. The molecular formula is C23H28ClNO3. The van der Waals surface area contributed by atoms with Crippen LogP contribution >= 0.6 is 12.4 Å². The molecule has 0 saturated heterocycles. The molecule has 0 aromatic heterocycles. The van der Waals surface area contributed by atoms with Crippen LogP contribution in [0.15, 0.2) is 54.1 Å². The Labute approximate surface area is 172 Å². The van der Waals surface area contributed by atoms with E-state index >= 15 is 0 Å². The first kappa shape index (κ1) is 22.0. The Morgan fingerprint density at radius 3 is 2.61 bits per heavy atom. The van der Waals surface area contributed by atoms with Crippen molar-refractivity contribution in [2.24, 2.45) is 5.92 Å². The zero-order valence-electron chi connectivity index (χ0n) is 16.3. The van der Waals surface area contributed by atoms with E-state index in [2.05, 4.69) is 31.1 Å². The lowest BCUT2D eigenvalue weighted by atomic mass is 9.73. The molecule has 150 valence electrons. The standard InChI is InChI=1S/C23H27NO3.ClH/c1-24(2)15-20-10-9-17(11-16-5-3-7-19(12-16)23(26)27)13-22(20)18-6-4-8-21(25)14-18;/h3-8,11-12,14,20,22,25H,9-10,13,15H2,1-2H3,(H,26,27);1H/b17-11-;. The fraction of sp³-hybridized carbons (Fsp3) is 0.348. The number of carboxylic acid groups (broad SMARTS) is 1. The Balaban J connectivity index is 0.00000280. The number of benzene rings is 2. The molecule has 1 fully saturated rings. The summed E-state index contributed by atoms with van der Waals surface area (Å²) < 4.78 is 0. The second-order valence-electron chi connectivity index (χ2n) is 7.70. The van der Waals surface area contributed by atoms with Crippen LogP contribution in [0.25, 0.3) is 6.08 Å². The van der Waals surface area contributed by atoms with Crippen LogP contribution in [0.1, 0.15) is 46.7 Å². The number of nitrogens with zero attached hydrogens (tertiary/aromatic N) is 1. The van der Waals surface area contributed by atoms with Gasteiger partial charge in [0.05, 0.1) is 5.56 Å². The van der Waals surface area contributed by atoms with E-state index in [4.69, 9.17) is 0 Å². The van der Waals surface area contributed by atoms with Crippen molar-refractivity contribution in [3.05, 3.63) is 70.8 Å². The lowest BCUT2D eigenvalue weighted by Crippen LogP contribution is -2.29. The maximum atomic E-state index is 11.2. The van der Waals surface area contributed by atoms with Gasteiger partial charge in [0.2, 0.25) is 0 Å². The fourth-order valence-corrected chi connectivity index (χ4v) is 4.08. The van der Waals surface area contributed by atoms with Gasteiger partial charge in [-0.15, -0.1) is 12.4 Å². The van der Waals surface area contributed by atoms with Crippen molar-refractivity contribution in [1.82, 2.24) is 4.90 Å². The number of hydrogen-bond donors (Lipinski definition) is 2. The summed E-state index contributed by atoms with van der Waals surface area (Å²) in [4.78, 5) is 13.4. The van der Waals surface area contributed by atoms with Gasteiger partial charge in [-0.3, -0.25) is 0 Å². The maximum Gasteiger partial charge on any atom is 0.335 e. The Hall–Kier alpha value is -2.30. The fourth-order valence-electron chi connectivity index (χ4n) is 4.08. The Morgan fingerprint density at radius 1 is 1.18 bits per heavy atom. The molecule has 0 spiro atoms. The van der Waals surface area contributed by atoms with Gasteiger partial charge in [-0.1, -0.05) is 35.9 Å². The Bertz CT molecular complexity index is 847. The third-order valence-electron chi connectivity index (χ3n) is 5.29. The largest absolute Gasteiger partial charge is 0.508 e. The molecule has 1 saturated carbocycles. The summed E-state index contributed by atoms with van der Waals surface area (Å²) in [5.74, 6) is 0.287. The van der Waals surface area contributed by atoms with Crippen molar-refractivity contribution >= 4 is 24.5 Å². The molecule has 28 heavy (non-hydrogen) atoms. The van der Waals surface area contributed by atoms with Crippen LogP contribution in [-0.4, -0.2) is 41.7 Å². The van der Waals surface area contributed by atoms with Gasteiger partial charge >= 0.3 is 5.97 Å². The molecule has 2 atom stereocenters. The number of phenols is 1. The highest BCUT2D eigenvalue weighted by Gasteiger charge is 2.29. The summed E-state index contributed by atoms with van der Waals surface area (Å²) in [6.45, 7) is 1.02. The van der Waals surface area contributed by atoms with E-state index in [1.807, 2.05) is 18.2 Å². The van der Waals surface area contributed by atoms with Crippen molar-refractivity contribution < 1.29 is 15.0 Å². The molecule has 0 radical (unpaired) electrons. The number of hydrogen-bond acceptors (Lipinski definition) is 3. The Kier molecular flexibility index (Phi) is 7.67. The van der Waals surface area contributed by atoms with Gasteiger partial charge in [-0.05, 0) is 80.6 Å². The molecule has 0 bridgehead atoms. The number of carbonyl (C=O) groups is 1. The average molecular weight is 402 g/mol. The first-order valence-corrected chi connectivity index (χ1v) is 9.39. The number of carboxylic acids is 1. The van der Waals surface area contributed by atoms with Crippen molar-refractivity contribution in [3.63, 3.8) is 0 Å². The molecule has 2 N–H and O–H groups in total. The molecule has 4 nitrogen and oxygen atoms in total. The zero-order chi connectivity index (χ0) is 19.4. The van der Waals surface area contributed by atoms with Gasteiger partial charge in [-0.25, -0.2) is 4.79 Å². The lowest BCUT2D eigenvalue weighted by molar-refractivity contribution is 0.0697. The minimum atomic E-state index is -0.900. The van der Waals surface area contributed by atoms with Crippen molar-refractivity contribution in [2.45, 2.75) is 25.2 Å². The molecule has 0 amide bonds. The van der Waals surface area contributed by atoms with Gasteiger partial charge in [-0.2, -0.15) is 0 Å². The molecule has 0 aliphatic heterocycles. The summed E-state index contributed by atoms with van der Waals surface area (Å²) in [6, 6.07) is 14.7. The van der Waals surface area contributed by atoms with E-state index in [1.54, 1.807) is 24.3 Å². The van der Waals surface area contributed by atoms with Crippen molar-refractivity contribution in [1.29, 1.82) is 0 Å². The van der Waals surface area contributed by atoms with Crippen LogP contribution in [0, 0.1) is 5.92 Å². The second kappa shape index (κ2) is 9.76. The topological polar surface area (TPSA) is 60.8 Å². The molecule has 2 aromatic rings. The second-order valence-corrected chi connectivity index (χ2v) is 7.70. The minimum Gasteiger partial charge on any atom is -0.508 e. The monoisotopic (exact) mass is 401 g/mol. The van der Waals surface area contributed by atoms with E-state index in [0.717, 1.165) is 31.4 Å². The van der Waals surface area contributed by atoms with E-state index < -0.39 is 5.97 Å². The van der Waals surface area contributed by atoms with Crippen LogP contribution in [0.3, 0.4) is 0 Å². The smallest absolute Gasteiger partial charge is 0.335 e. The number of phenolic OH excluding ortho intramolecular Hbond substituents is 1. The predicted octanol–water partition coefficient (Wildman–Crippen LogP) is 5.04. The number of aromatic carboxylic acids is 1. The normalized spacial score (nSPS) is 20.8. The van der Waals surface area contributed by atoms with Crippen LogP contribution in [-0.2, 0) is 0 Å². The first-order chi connectivity index (χ1) is 12.9. The molecule has 5 heteroatoms. The van der Waals surface area contributed by atoms with Crippen LogP contribution in [0.5, 0.6) is 5.75 Å². The molecule has 2 aromatic carbocycles. The Morgan fingerprint density at radius 2 is 1.93 bits per heavy atom. The van der Waals surface area contributed by atoms with Crippen LogP contribution in [0.2, 0.25) is 0 Å². The van der Waals surface area contributed by atoms with Gasteiger partial charge in [0, 0.05) is 6.54 Å². The molecular weight excluding hydrogens is 374 g/mol. The molecule has 1 aliphatic carbocycles. The molecule has 3 rings (SSSR count). The van der Waals surface area contributed by atoms with Gasteiger partial charge in [0.15, 0.2) is 0 Å². The predicted molar refractivity (Wildman–Crippen MR) is 115 cm³/mol. The van der Waals surface area contributed by atoms with Crippen molar-refractivity contribution in [3.8, 4) is 5.75 Å². The third kappa shape index (κ3) is 5.60. The van der Waals surface area contributed by atoms with Gasteiger partial charge < -0.3 is 15.1 Å². The quantitative estimate of drug-likeness (QED) is 0.736. The molecule has 2 unspecified atom stereocenters. The number of halogens is 1. The zero-order valence-corrected chi connectivity index (χ0v) is 17.2. The van der Waals surface area contributed by atoms with Gasteiger partial charge in [0.1, 0.15) is 5.75 Å². The van der Waals surface area contributed by atoms with E-state index in [1.165, 1.54) is 11.1 Å². The lowest BCUT2D eigenvalue weighted by Gasteiger charge is -2.35. The maximum absolute atomic E-state index is 11.2. The molecule has 0 heterocycles. The van der Waals surface area contributed by atoms with E-state index in [-0.39, 0.29) is 12.4 Å². The average Bonchev–Trinajstić information content (AvgIpc) is 2.63.